The average Bonchev–Trinajstić information content (AvgIpc) is 2.24. The molecule has 5 heteroatoms. The first kappa shape index (κ1) is 12.0. The molecule has 1 N–H and O–H groups in total. The van der Waals surface area contributed by atoms with Crippen molar-refractivity contribution in [3.63, 3.8) is 0 Å². The second-order valence-corrected chi connectivity index (χ2v) is 4.67. The van der Waals surface area contributed by atoms with Crippen LogP contribution in [0.1, 0.15) is 6.42 Å². The predicted octanol–water partition coefficient (Wildman–Crippen LogP) is 1.27. The highest BCUT2D eigenvalue weighted by atomic mass is 32.2. The number of hydrogen-bond acceptors (Lipinski definition) is 4. The zero-order chi connectivity index (χ0) is 11.1. The molecule has 1 aromatic rings. The van der Waals surface area contributed by atoms with Gasteiger partial charge in [0.2, 0.25) is 0 Å². The van der Waals surface area contributed by atoms with Crippen molar-refractivity contribution in [3.05, 3.63) is 18.3 Å². The molecule has 1 heterocycles. The number of hydrogen-bond donors (Lipinski definition) is 1. The van der Waals surface area contributed by atoms with Crippen LogP contribution in [0.25, 0.3) is 0 Å². The number of pyridine rings is 1. The molecule has 15 heavy (non-hydrogen) atoms. The van der Waals surface area contributed by atoms with Crippen LogP contribution in [0.5, 0.6) is 5.75 Å². The average molecular weight is 228 g/mol. The second kappa shape index (κ2) is 6.40. The molecule has 0 aliphatic rings. The van der Waals surface area contributed by atoms with Crippen LogP contribution in [-0.4, -0.2) is 34.9 Å². The van der Waals surface area contributed by atoms with Crippen LogP contribution >= 0.6 is 0 Å². The second-order valence-electron chi connectivity index (χ2n) is 3.11. The summed E-state index contributed by atoms with van der Waals surface area (Å²) < 4.78 is 16.0. The van der Waals surface area contributed by atoms with Crippen molar-refractivity contribution in [3.8, 4) is 5.75 Å². The molecule has 0 aliphatic carbocycles. The van der Waals surface area contributed by atoms with Crippen LogP contribution in [0.15, 0.2) is 18.3 Å². The van der Waals surface area contributed by atoms with Gasteiger partial charge >= 0.3 is 0 Å². The molecule has 0 saturated heterocycles. The molecular weight excluding hydrogens is 212 g/mol. The lowest BCUT2D eigenvalue weighted by atomic mass is 10.4. The van der Waals surface area contributed by atoms with Gasteiger partial charge in [0.15, 0.2) is 11.6 Å². The van der Waals surface area contributed by atoms with Gasteiger partial charge in [0.25, 0.3) is 0 Å². The lowest BCUT2D eigenvalue weighted by molar-refractivity contribution is 0.415. The summed E-state index contributed by atoms with van der Waals surface area (Å²) in [4.78, 5) is 4.15. The predicted molar refractivity (Wildman–Crippen MR) is 62.8 cm³/mol. The van der Waals surface area contributed by atoms with Crippen LogP contribution in [0, 0.1) is 0 Å². The molecular formula is C10H16N2O2S. The van der Waals surface area contributed by atoms with Gasteiger partial charge < -0.3 is 10.1 Å². The lowest BCUT2D eigenvalue weighted by Gasteiger charge is -2.08. The zero-order valence-corrected chi connectivity index (χ0v) is 9.84. The van der Waals surface area contributed by atoms with Gasteiger partial charge in [-0.05, 0) is 18.6 Å². The molecule has 0 radical (unpaired) electrons. The van der Waals surface area contributed by atoms with E-state index in [4.69, 9.17) is 4.74 Å². The number of ether oxygens (including phenoxy) is 1. The number of nitrogens with one attached hydrogen (secondary N) is 1. The van der Waals surface area contributed by atoms with Gasteiger partial charge in [-0.15, -0.1) is 0 Å². The topological polar surface area (TPSA) is 51.2 Å². The highest BCUT2D eigenvalue weighted by Gasteiger charge is 2.01. The minimum absolute atomic E-state index is 0.710. The summed E-state index contributed by atoms with van der Waals surface area (Å²) in [7, 11) is 0.892. The summed E-state index contributed by atoms with van der Waals surface area (Å²) in [5.74, 6) is 2.18. The number of methoxy groups -OCH3 is 1. The van der Waals surface area contributed by atoms with Crippen LogP contribution in [0.4, 0.5) is 5.82 Å². The van der Waals surface area contributed by atoms with Gasteiger partial charge in [-0.25, -0.2) is 4.98 Å². The van der Waals surface area contributed by atoms with Gasteiger partial charge in [-0.2, -0.15) is 0 Å². The van der Waals surface area contributed by atoms with Crippen LogP contribution in [0.3, 0.4) is 0 Å². The van der Waals surface area contributed by atoms with Gasteiger partial charge in [0, 0.05) is 35.5 Å². The number of anilines is 1. The number of aromatic nitrogens is 1. The Morgan fingerprint density at radius 3 is 3.07 bits per heavy atom. The molecule has 0 aliphatic heterocycles. The molecule has 0 saturated carbocycles. The molecule has 84 valence electrons. The van der Waals surface area contributed by atoms with E-state index in [1.54, 1.807) is 19.6 Å². The van der Waals surface area contributed by atoms with Crippen molar-refractivity contribution in [1.82, 2.24) is 4.98 Å². The first-order valence-electron chi connectivity index (χ1n) is 4.77. The normalized spacial score (nSPS) is 12.1. The molecule has 0 amide bonds. The largest absolute Gasteiger partial charge is 0.493 e. The first-order chi connectivity index (χ1) is 7.24. The van der Waals surface area contributed by atoms with Crippen molar-refractivity contribution in [2.45, 2.75) is 6.42 Å². The smallest absolute Gasteiger partial charge is 0.168 e. The van der Waals surface area contributed by atoms with Crippen molar-refractivity contribution < 1.29 is 8.95 Å². The third-order valence-corrected chi connectivity index (χ3v) is 2.76. The Bertz CT molecular complexity index is 331. The van der Waals surface area contributed by atoms with Crippen molar-refractivity contribution in [2.75, 3.05) is 31.0 Å². The van der Waals surface area contributed by atoms with Crippen molar-refractivity contribution >= 4 is 16.6 Å². The molecule has 0 spiro atoms. The summed E-state index contributed by atoms with van der Waals surface area (Å²) in [6.45, 7) is 0.757. The van der Waals surface area contributed by atoms with Gasteiger partial charge in [0.05, 0.1) is 7.11 Å². The van der Waals surface area contributed by atoms with E-state index in [-0.39, 0.29) is 0 Å². The molecule has 4 nitrogen and oxygen atoms in total. The molecule has 1 aromatic heterocycles. The van der Waals surface area contributed by atoms with E-state index in [1.165, 1.54) is 0 Å². The summed E-state index contributed by atoms with van der Waals surface area (Å²) >= 11 is 0. The van der Waals surface area contributed by atoms with E-state index in [0.29, 0.717) is 5.75 Å². The van der Waals surface area contributed by atoms with Crippen molar-refractivity contribution in [1.29, 1.82) is 0 Å². The van der Waals surface area contributed by atoms with E-state index < -0.39 is 10.8 Å². The van der Waals surface area contributed by atoms with E-state index >= 15 is 0 Å². The van der Waals surface area contributed by atoms with E-state index in [9.17, 15) is 4.21 Å². The minimum Gasteiger partial charge on any atom is -0.493 e. The fourth-order valence-corrected chi connectivity index (χ4v) is 1.72. The van der Waals surface area contributed by atoms with Crippen LogP contribution in [0.2, 0.25) is 0 Å². The molecule has 1 unspecified atom stereocenters. The minimum atomic E-state index is -0.722. The Balaban J connectivity index is 2.39. The van der Waals surface area contributed by atoms with E-state index in [2.05, 4.69) is 10.3 Å². The van der Waals surface area contributed by atoms with Gasteiger partial charge in [-0.3, -0.25) is 4.21 Å². The van der Waals surface area contributed by atoms with Gasteiger partial charge in [0.1, 0.15) is 0 Å². The summed E-state index contributed by atoms with van der Waals surface area (Å²) in [6.07, 6.45) is 4.28. The zero-order valence-electron chi connectivity index (χ0n) is 9.03. The highest BCUT2D eigenvalue weighted by molar-refractivity contribution is 7.84. The molecule has 1 rings (SSSR count). The SMILES string of the molecule is COc1cccnc1NCCCS(C)=O. The molecule has 0 aromatic carbocycles. The van der Waals surface area contributed by atoms with Crippen molar-refractivity contribution in [2.24, 2.45) is 0 Å². The lowest BCUT2D eigenvalue weighted by Crippen LogP contribution is -2.08. The number of nitrogens with zero attached hydrogens (tertiary/aromatic N) is 1. The third kappa shape index (κ3) is 4.29. The Labute approximate surface area is 92.5 Å². The Morgan fingerprint density at radius 2 is 2.40 bits per heavy atom. The van der Waals surface area contributed by atoms with E-state index in [1.807, 2.05) is 12.1 Å². The summed E-state index contributed by atoms with van der Waals surface area (Å²) in [6, 6.07) is 3.68. The molecule has 1 atom stereocenters. The summed E-state index contributed by atoms with van der Waals surface area (Å²) in [5.41, 5.74) is 0. The first-order valence-corrected chi connectivity index (χ1v) is 6.49. The third-order valence-electron chi connectivity index (χ3n) is 1.89. The maximum Gasteiger partial charge on any atom is 0.168 e. The fourth-order valence-electron chi connectivity index (χ4n) is 1.17. The molecule has 0 bridgehead atoms. The quantitative estimate of drug-likeness (QED) is 0.745. The maximum atomic E-state index is 10.8. The number of rotatable bonds is 6. The Hall–Kier alpha value is -1.10. The van der Waals surface area contributed by atoms with E-state index in [0.717, 1.165) is 24.5 Å². The van der Waals surface area contributed by atoms with Crippen LogP contribution in [-0.2, 0) is 10.8 Å². The fraction of sp³-hybridized carbons (Fsp3) is 0.500. The standard InChI is InChI=1S/C10H16N2O2S/c1-14-9-5-3-6-11-10(9)12-7-4-8-15(2)13/h3,5-6H,4,7-8H2,1-2H3,(H,11,12). The summed E-state index contributed by atoms with van der Waals surface area (Å²) in [5, 5.41) is 3.15. The Morgan fingerprint density at radius 1 is 1.60 bits per heavy atom. The monoisotopic (exact) mass is 228 g/mol. The Kier molecular flexibility index (Phi) is 5.10. The maximum absolute atomic E-state index is 10.8. The highest BCUT2D eigenvalue weighted by Crippen LogP contribution is 2.19. The van der Waals surface area contributed by atoms with Crippen LogP contribution < -0.4 is 10.1 Å². The van der Waals surface area contributed by atoms with Gasteiger partial charge in [-0.1, -0.05) is 0 Å². The molecule has 0 fully saturated rings.